The zero-order chi connectivity index (χ0) is 20.9. The van der Waals surface area contributed by atoms with E-state index in [-0.39, 0.29) is 36.1 Å². The fourth-order valence-electron chi connectivity index (χ4n) is 3.20. The molecule has 0 aliphatic heterocycles. The fourth-order valence-corrected chi connectivity index (χ4v) is 3.20. The second kappa shape index (κ2) is 8.82. The summed E-state index contributed by atoms with van der Waals surface area (Å²) in [5.74, 6) is -0.427. The van der Waals surface area contributed by atoms with Gasteiger partial charge in [0, 0.05) is 23.8 Å². The smallest absolute Gasteiger partial charge is 0.318 e. The third-order valence-corrected chi connectivity index (χ3v) is 4.92. The maximum Gasteiger partial charge on any atom is 0.318 e. The summed E-state index contributed by atoms with van der Waals surface area (Å²) in [5.41, 5.74) is 1.94. The number of benzene rings is 2. The van der Waals surface area contributed by atoms with Gasteiger partial charge in [-0.15, -0.1) is 0 Å². The first-order chi connectivity index (χ1) is 14.6. The zero-order valence-corrected chi connectivity index (χ0v) is 16.3. The molecule has 1 aliphatic carbocycles. The SMILES string of the molecule is O=C(Nc1cccc(CNC(=O)N(Cc2ccccc2F)C2CC2)c1)c1ccco1. The molecule has 0 spiro atoms. The number of nitrogens with one attached hydrogen (secondary N) is 2. The van der Waals surface area contributed by atoms with Crippen molar-refractivity contribution in [3.05, 3.63) is 89.6 Å². The molecule has 1 fully saturated rings. The molecular weight excluding hydrogens is 385 g/mol. The van der Waals surface area contributed by atoms with Crippen LogP contribution in [-0.2, 0) is 13.1 Å². The number of hydrogen-bond acceptors (Lipinski definition) is 3. The van der Waals surface area contributed by atoms with E-state index in [4.69, 9.17) is 4.42 Å². The minimum Gasteiger partial charge on any atom is -0.459 e. The van der Waals surface area contributed by atoms with Crippen LogP contribution in [0.25, 0.3) is 0 Å². The number of urea groups is 1. The Bertz CT molecular complexity index is 1030. The van der Waals surface area contributed by atoms with Gasteiger partial charge in [-0.3, -0.25) is 4.79 Å². The average molecular weight is 407 g/mol. The second-order valence-electron chi connectivity index (χ2n) is 7.24. The predicted molar refractivity (Wildman–Crippen MR) is 110 cm³/mol. The summed E-state index contributed by atoms with van der Waals surface area (Å²) < 4.78 is 19.1. The van der Waals surface area contributed by atoms with E-state index in [1.165, 1.54) is 12.3 Å². The Morgan fingerprint density at radius 1 is 1.07 bits per heavy atom. The molecule has 1 aromatic heterocycles. The maximum atomic E-state index is 14.0. The number of hydrogen-bond donors (Lipinski definition) is 2. The lowest BCUT2D eigenvalue weighted by atomic mass is 10.2. The van der Waals surface area contributed by atoms with Crippen molar-refractivity contribution in [2.24, 2.45) is 0 Å². The van der Waals surface area contributed by atoms with Crippen LogP contribution in [0.15, 0.2) is 71.3 Å². The van der Waals surface area contributed by atoms with Crippen LogP contribution in [0.4, 0.5) is 14.9 Å². The van der Waals surface area contributed by atoms with Crippen molar-refractivity contribution in [3.8, 4) is 0 Å². The molecule has 6 nitrogen and oxygen atoms in total. The van der Waals surface area contributed by atoms with Crippen molar-refractivity contribution in [2.75, 3.05) is 5.32 Å². The summed E-state index contributed by atoms with van der Waals surface area (Å²) in [4.78, 5) is 26.5. The number of carbonyl (C=O) groups excluding carboxylic acids is 2. The monoisotopic (exact) mass is 407 g/mol. The van der Waals surface area contributed by atoms with Crippen LogP contribution in [0.5, 0.6) is 0 Å². The molecule has 0 unspecified atom stereocenters. The highest BCUT2D eigenvalue weighted by molar-refractivity contribution is 6.02. The van der Waals surface area contributed by atoms with E-state index < -0.39 is 0 Å². The molecule has 154 valence electrons. The highest BCUT2D eigenvalue weighted by Gasteiger charge is 2.33. The predicted octanol–water partition coefficient (Wildman–Crippen LogP) is 4.55. The third-order valence-electron chi connectivity index (χ3n) is 4.92. The van der Waals surface area contributed by atoms with Crippen molar-refractivity contribution in [1.82, 2.24) is 10.2 Å². The first kappa shape index (κ1) is 19.7. The maximum absolute atomic E-state index is 14.0. The van der Waals surface area contributed by atoms with E-state index in [2.05, 4.69) is 10.6 Å². The summed E-state index contributed by atoms with van der Waals surface area (Å²) in [5, 5.41) is 5.67. The Labute approximate surface area is 173 Å². The lowest BCUT2D eigenvalue weighted by Gasteiger charge is -2.23. The molecule has 1 saturated carbocycles. The minimum absolute atomic E-state index is 0.142. The number of nitrogens with zero attached hydrogens (tertiary/aromatic N) is 1. The van der Waals surface area contributed by atoms with Crippen LogP contribution in [0.1, 0.15) is 34.5 Å². The van der Waals surface area contributed by atoms with Gasteiger partial charge in [-0.1, -0.05) is 30.3 Å². The van der Waals surface area contributed by atoms with Crippen molar-refractivity contribution in [2.45, 2.75) is 32.0 Å². The van der Waals surface area contributed by atoms with Gasteiger partial charge in [-0.2, -0.15) is 0 Å². The van der Waals surface area contributed by atoms with Crippen LogP contribution in [0.3, 0.4) is 0 Å². The summed E-state index contributed by atoms with van der Waals surface area (Å²) in [6.07, 6.45) is 3.29. The van der Waals surface area contributed by atoms with Gasteiger partial charge in [0.1, 0.15) is 5.82 Å². The molecular formula is C23H22FN3O3. The highest BCUT2D eigenvalue weighted by atomic mass is 19.1. The molecule has 2 aromatic carbocycles. The van der Waals surface area contributed by atoms with Gasteiger partial charge >= 0.3 is 6.03 Å². The van der Waals surface area contributed by atoms with Gasteiger partial charge in [0.05, 0.1) is 12.8 Å². The van der Waals surface area contributed by atoms with Crippen molar-refractivity contribution in [3.63, 3.8) is 0 Å². The van der Waals surface area contributed by atoms with Gasteiger partial charge in [0.25, 0.3) is 5.91 Å². The summed E-state index contributed by atoms with van der Waals surface area (Å²) in [7, 11) is 0. The zero-order valence-electron chi connectivity index (χ0n) is 16.3. The van der Waals surface area contributed by atoms with E-state index in [0.717, 1.165) is 18.4 Å². The van der Waals surface area contributed by atoms with Crippen LogP contribution in [0, 0.1) is 5.82 Å². The number of carbonyl (C=O) groups is 2. The second-order valence-corrected chi connectivity index (χ2v) is 7.24. The molecule has 30 heavy (non-hydrogen) atoms. The van der Waals surface area contributed by atoms with Gasteiger partial charge in [-0.05, 0) is 48.7 Å². The van der Waals surface area contributed by atoms with Crippen LogP contribution >= 0.6 is 0 Å². The molecule has 3 amide bonds. The van der Waals surface area contributed by atoms with Gasteiger partial charge in [0.15, 0.2) is 5.76 Å². The number of anilines is 1. The quantitative estimate of drug-likeness (QED) is 0.604. The molecule has 7 heteroatoms. The first-order valence-corrected chi connectivity index (χ1v) is 9.82. The number of rotatable bonds is 7. The Hall–Kier alpha value is -3.61. The van der Waals surface area contributed by atoms with E-state index in [1.807, 2.05) is 6.07 Å². The molecule has 0 saturated heterocycles. The van der Waals surface area contributed by atoms with E-state index in [9.17, 15) is 14.0 Å². The van der Waals surface area contributed by atoms with Gasteiger partial charge in [-0.25, -0.2) is 9.18 Å². The molecule has 4 rings (SSSR count). The molecule has 0 bridgehead atoms. The molecule has 1 heterocycles. The van der Waals surface area contributed by atoms with Crippen molar-refractivity contribution in [1.29, 1.82) is 0 Å². The average Bonchev–Trinajstić information content (AvgIpc) is 3.43. The van der Waals surface area contributed by atoms with E-state index >= 15 is 0 Å². The largest absolute Gasteiger partial charge is 0.459 e. The first-order valence-electron chi connectivity index (χ1n) is 9.82. The lowest BCUT2D eigenvalue weighted by Crippen LogP contribution is -2.40. The Morgan fingerprint density at radius 2 is 1.90 bits per heavy atom. The van der Waals surface area contributed by atoms with Gasteiger partial charge in [0.2, 0.25) is 0 Å². The Kier molecular flexibility index (Phi) is 5.79. The highest BCUT2D eigenvalue weighted by Crippen LogP contribution is 2.29. The number of halogens is 1. The number of furan rings is 1. The molecule has 0 radical (unpaired) electrons. The topological polar surface area (TPSA) is 74.6 Å². The molecule has 0 atom stereocenters. The van der Waals surface area contributed by atoms with Crippen LogP contribution in [0.2, 0.25) is 0 Å². The normalized spacial score (nSPS) is 13.0. The standard InChI is InChI=1S/C23H22FN3O3/c24-20-8-2-1-6-17(20)15-27(19-10-11-19)23(29)25-14-16-5-3-7-18(13-16)26-22(28)21-9-4-12-30-21/h1-9,12-13,19H,10-11,14-15H2,(H,25,29)(H,26,28). The van der Waals surface area contributed by atoms with Crippen LogP contribution in [-0.4, -0.2) is 22.9 Å². The van der Waals surface area contributed by atoms with E-state index in [1.54, 1.807) is 53.4 Å². The third kappa shape index (κ3) is 4.86. The van der Waals surface area contributed by atoms with Crippen molar-refractivity contribution < 1.29 is 18.4 Å². The summed E-state index contributed by atoms with van der Waals surface area (Å²) >= 11 is 0. The van der Waals surface area contributed by atoms with Crippen LogP contribution < -0.4 is 10.6 Å². The number of amides is 3. The summed E-state index contributed by atoms with van der Waals surface area (Å²) in [6.45, 7) is 0.534. The molecule has 3 aromatic rings. The minimum atomic E-state index is -0.342. The fraction of sp³-hybridized carbons (Fsp3) is 0.217. The molecule has 1 aliphatic rings. The lowest BCUT2D eigenvalue weighted by molar-refractivity contribution is 0.0996. The molecule has 2 N–H and O–H groups in total. The van der Waals surface area contributed by atoms with Crippen molar-refractivity contribution >= 4 is 17.6 Å². The Morgan fingerprint density at radius 3 is 2.63 bits per heavy atom. The van der Waals surface area contributed by atoms with E-state index in [0.29, 0.717) is 17.8 Å². The summed E-state index contributed by atoms with van der Waals surface area (Å²) in [6, 6.07) is 16.9. The Balaban J connectivity index is 1.37. The van der Waals surface area contributed by atoms with Gasteiger partial charge < -0.3 is 20.0 Å².